The molecule has 210 valence electrons. The molecule has 0 saturated carbocycles. The van der Waals surface area contributed by atoms with Crippen LogP contribution in [0.5, 0.6) is 0 Å². The highest BCUT2D eigenvalue weighted by Crippen LogP contribution is 2.35. The highest BCUT2D eigenvalue weighted by atomic mass is 28.4. The van der Waals surface area contributed by atoms with E-state index in [9.17, 15) is 9.90 Å². The summed E-state index contributed by atoms with van der Waals surface area (Å²) in [6, 6.07) is 5.62. The van der Waals surface area contributed by atoms with Crippen LogP contribution < -0.4 is 0 Å². The number of hydrogen-bond donors (Lipinski definition) is 1. The number of likely N-dealkylation sites (N-methyl/N-ethyl adjacent to an activating group) is 1. The second kappa shape index (κ2) is 14.9. The summed E-state index contributed by atoms with van der Waals surface area (Å²) in [5.41, 5.74) is -0.612. The smallest absolute Gasteiger partial charge is 0.410 e. The second-order valence-corrected chi connectivity index (χ2v) is 20.3. The third-order valence-electron chi connectivity index (χ3n) is 7.85. The summed E-state index contributed by atoms with van der Waals surface area (Å²) in [4.78, 5) is 15.1. The van der Waals surface area contributed by atoms with Gasteiger partial charge in [-0.15, -0.1) is 0 Å². The molecule has 1 saturated heterocycles. The van der Waals surface area contributed by atoms with Crippen LogP contribution in [0, 0.1) is 11.8 Å². The van der Waals surface area contributed by atoms with E-state index in [1.54, 1.807) is 11.9 Å². The number of rotatable bonds is 12. The molecular formula is C27H53NO6Si2. The van der Waals surface area contributed by atoms with Gasteiger partial charge in [-0.3, -0.25) is 0 Å². The summed E-state index contributed by atoms with van der Waals surface area (Å²) in [6.07, 6.45) is -0.978. The molecule has 0 spiro atoms. The van der Waals surface area contributed by atoms with Crippen LogP contribution in [-0.4, -0.2) is 83.0 Å². The zero-order valence-corrected chi connectivity index (χ0v) is 26.6. The van der Waals surface area contributed by atoms with Gasteiger partial charge in [-0.25, -0.2) is 4.79 Å². The molecule has 0 unspecified atom stereocenters. The molecule has 1 amide bonds. The molecule has 0 bridgehead atoms. The number of aliphatic hydroxyl groups excluding tert-OH is 1. The van der Waals surface area contributed by atoms with Crippen molar-refractivity contribution in [3.8, 4) is 11.8 Å². The van der Waals surface area contributed by atoms with Crippen molar-refractivity contribution >= 4 is 22.7 Å². The van der Waals surface area contributed by atoms with E-state index in [1.807, 2.05) is 20.8 Å². The molecule has 9 heteroatoms. The van der Waals surface area contributed by atoms with E-state index in [4.69, 9.17) is 18.3 Å². The van der Waals surface area contributed by atoms with E-state index in [2.05, 4.69) is 53.4 Å². The fraction of sp³-hybridized carbons (Fsp3) is 0.889. The highest BCUT2D eigenvalue weighted by molar-refractivity contribution is 6.74. The lowest BCUT2D eigenvalue weighted by molar-refractivity contribution is -0.151. The average molecular weight is 544 g/mol. The number of nitrogens with zero attached hydrogens (tertiary/aromatic N) is 1. The van der Waals surface area contributed by atoms with E-state index >= 15 is 0 Å². The lowest BCUT2D eigenvalue weighted by Gasteiger charge is -2.50. The minimum absolute atomic E-state index is 0.194. The molecule has 7 nitrogen and oxygen atoms in total. The van der Waals surface area contributed by atoms with Gasteiger partial charge in [0.15, 0.2) is 16.6 Å². The summed E-state index contributed by atoms with van der Waals surface area (Å²) in [7, 11) is -2.28. The minimum atomic E-state index is -2.08. The number of hydrogen-bond acceptors (Lipinski definition) is 6. The molecule has 0 aliphatic carbocycles. The zero-order valence-electron chi connectivity index (χ0n) is 24.6. The van der Waals surface area contributed by atoms with Crippen molar-refractivity contribution in [2.45, 2.75) is 135 Å². The molecular weight excluding hydrogens is 490 g/mol. The SMILES string of the molecule is CC[Si](CC)(CC)O[C@@H]1[C@H](N(C)C(=O)OC(C)(C)C)[C@H](O[Si](CC)(CC)CC)CO[C@@H]1CC#CCO. The van der Waals surface area contributed by atoms with Crippen molar-refractivity contribution in [1.29, 1.82) is 0 Å². The maximum Gasteiger partial charge on any atom is 0.410 e. The van der Waals surface area contributed by atoms with Gasteiger partial charge in [0.2, 0.25) is 0 Å². The molecule has 0 aromatic heterocycles. The Balaban J connectivity index is 3.59. The standard InChI is InChI=1S/C27H53NO6Si2/c1-11-35(12-2,13-3)33-23-21-31-22(19-17-18-20-29)25(34-36(14-4,15-5)16-6)24(23)28(10)26(30)32-27(7,8)9/h22-25,29H,11-16,19-21H2,1-10H3/t22-,23-,24-,25+/m1/s1. The van der Waals surface area contributed by atoms with Crippen LogP contribution in [-0.2, 0) is 18.3 Å². The Morgan fingerprint density at radius 2 is 1.44 bits per heavy atom. The van der Waals surface area contributed by atoms with Crippen molar-refractivity contribution in [3.05, 3.63) is 0 Å². The third kappa shape index (κ3) is 8.85. The van der Waals surface area contributed by atoms with Gasteiger partial charge in [-0.05, 0) is 57.0 Å². The van der Waals surface area contributed by atoms with Crippen LogP contribution >= 0.6 is 0 Å². The van der Waals surface area contributed by atoms with E-state index in [-0.39, 0.29) is 30.9 Å². The number of carbonyl (C=O) groups excluding carboxylic acids is 1. The maximum atomic E-state index is 13.4. The topological polar surface area (TPSA) is 77.5 Å². The van der Waals surface area contributed by atoms with Crippen molar-refractivity contribution in [2.75, 3.05) is 20.3 Å². The molecule has 0 aromatic carbocycles. The monoisotopic (exact) mass is 543 g/mol. The summed E-state index contributed by atoms with van der Waals surface area (Å²) < 4.78 is 26.3. The van der Waals surface area contributed by atoms with Gasteiger partial charge in [0.25, 0.3) is 0 Å². The predicted octanol–water partition coefficient (Wildman–Crippen LogP) is 5.79. The Morgan fingerprint density at radius 3 is 1.89 bits per heavy atom. The Hall–Kier alpha value is -0.896. The molecule has 0 radical (unpaired) electrons. The zero-order chi connectivity index (χ0) is 27.6. The summed E-state index contributed by atoms with van der Waals surface area (Å²) in [6.45, 7) is 19.0. The Bertz CT molecular complexity index is 707. The number of aliphatic hydroxyl groups is 1. The maximum absolute atomic E-state index is 13.4. The third-order valence-corrected chi connectivity index (χ3v) is 17.2. The van der Waals surface area contributed by atoms with Gasteiger partial charge < -0.3 is 28.3 Å². The van der Waals surface area contributed by atoms with Crippen LogP contribution in [0.3, 0.4) is 0 Å². The lowest BCUT2D eigenvalue weighted by atomic mass is 9.94. The normalized spacial score (nSPS) is 23.1. The van der Waals surface area contributed by atoms with Crippen molar-refractivity contribution < 1.29 is 28.2 Å². The Labute approximate surface area is 222 Å². The van der Waals surface area contributed by atoms with Crippen LogP contribution in [0.1, 0.15) is 68.7 Å². The van der Waals surface area contributed by atoms with E-state index < -0.39 is 28.3 Å². The Morgan fingerprint density at radius 1 is 0.944 bits per heavy atom. The predicted molar refractivity (Wildman–Crippen MR) is 151 cm³/mol. The quantitative estimate of drug-likeness (QED) is 0.248. The van der Waals surface area contributed by atoms with Gasteiger partial charge in [-0.2, -0.15) is 0 Å². The van der Waals surface area contributed by atoms with Gasteiger partial charge in [-0.1, -0.05) is 53.4 Å². The molecule has 1 fully saturated rings. The first-order valence-corrected chi connectivity index (χ1v) is 19.0. The van der Waals surface area contributed by atoms with Gasteiger partial charge in [0.05, 0.1) is 31.0 Å². The van der Waals surface area contributed by atoms with E-state index in [0.29, 0.717) is 13.0 Å². The average Bonchev–Trinajstić information content (AvgIpc) is 2.85. The molecule has 4 atom stereocenters. The van der Waals surface area contributed by atoms with Crippen molar-refractivity contribution in [1.82, 2.24) is 4.90 Å². The summed E-state index contributed by atoms with van der Waals surface area (Å²) >= 11 is 0. The van der Waals surface area contributed by atoms with Crippen LogP contribution in [0.2, 0.25) is 36.3 Å². The van der Waals surface area contributed by atoms with Crippen molar-refractivity contribution in [3.63, 3.8) is 0 Å². The molecule has 1 aliphatic heterocycles. The minimum Gasteiger partial charge on any atom is -0.444 e. The van der Waals surface area contributed by atoms with Gasteiger partial charge in [0, 0.05) is 13.5 Å². The fourth-order valence-electron chi connectivity index (χ4n) is 5.03. The first kappa shape index (κ1) is 33.1. The molecule has 1 rings (SSSR count). The Kier molecular flexibility index (Phi) is 13.7. The first-order valence-electron chi connectivity index (χ1n) is 13.9. The molecule has 1 aliphatic rings. The van der Waals surface area contributed by atoms with E-state index in [1.165, 1.54) is 0 Å². The second-order valence-electron chi connectivity index (χ2n) is 10.9. The van der Waals surface area contributed by atoms with Crippen LogP contribution in [0.25, 0.3) is 0 Å². The molecule has 36 heavy (non-hydrogen) atoms. The lowest BCUT2D eigenvalue weighted by Crippen LogP contribution is -2.66. The van der Waals surface area contributed by atoms with Crippen LogP contribution in [0.15, 0.2) is 0 Å². The number of ether oxygens (including phenoxy) is 2. The first-order chi connectivity index (χ1) is 16.9. The summed E-state index contributed by atoms with van der Waals surface area (Å²) in [5, 5.41) is 9.21. The van der Waals surface area contributed by atoms with Crippen molar-refractivity contribution in [2.24, 2.45) is 0 Å². The number of carbonyl (C=O) groups is 1. The largest absolute Gasteiger partial charge is 0.444 e. The van der Waals surface area contributed by atoms with Crippen LogP contribution in [0.4, 0.5) is 4.79 Å². The van der Waals surface area contributed by atoms with E-state index in [0.717, 1.165) is 36.3 Å². The van der Waals surface area contributed by atoms with Gasteiger partial charge in [0.1, 0.15) is 12.2 Å². The fourth-order valence-corrected chi connectivity index (χ4v) is 10.7. The summed E-state index contributed by atoms with van der Waals surface area (Å²) in [5.74, 6) is 5.79. The number of amides is 1. The molecule has 0 aromatic rings. The highest BCUT2D eigenvalue weighted by Gasteiger charge is 2.50. The van der Waals surface area contributed by atoms with Gasteiger partial charge >= 0.3 is 6.09 Å². The molecule has 1 heterocycles. The molecule has 1 N–H and O–H groups in total.